The molecule has 0 spiro atoms. The van der Waals surface area contributed by atoms with Gasteiger partial charge in [0.25, 0.3) is 0 Å². The van der Waals surface area contributed by atoms with Gasteiger partial charge >= 0.3 is 0 Å². The Morgan fingerprint density at radius 3 is 2.89 bits per heavy atom. The quantitative estimate of drug-likeness (QED) is 0.629. The molecule has 2 rings (SSSR count). The molecule has 0 N–H and O–H groups in total. The summed E-state index contributed by atoms with van der Waals surface area (Å²) < 4.78 is 5.77. The van der Waals surface area contributed by atoms with Gasteiger partial charge in [0.05, 0.1) is 17.1 Å². The normalized spacial score (nSPS) is 9.58. The molecule has 0 aliphatic heterocycles. The van der Waals surface area contributed by atoms with Gasteiger partial charge in [-0.25, -0.2) is 0 Å². The number of rotatable bonds is 3. The zero-order valence-corrected chi connectivity index (χ0v) is 11.4. The van der Waals surface area contributed by atoms with Crippen molar-refractivity contribution in [2.24, 2.45) is 0 Å². The van der Waals surface area contributed by atoms with E-state index in [9.17, 15) is 0 Å². The minimum absolute atomic E-state index is 0.313. The van der Waals surface area contributed by atoms with Crippen LogP contribution in [0, 0.1) is 18.8 Å². The first-order chi connectivity index (χ1) is 9.29. The Bertz CT molecular complexity index is 599. The predicted molar refractivity (Wildman–Crippen MR) is 77.3 cm³/mol. The molecule has 1 heterocycles. The minimum atomic E-state index is 0.313. The number of nitrogens with zero attached hydrogens (tertiary/aromatic N) is 1. The van der Waals surface area contributed by atoms with Gasteiger partial charge in [-0.05, 0) is 36.8 Å². The molecule has 1 aromatic carbocycles. The van der Waals surface area contributed by atoms with Gasteiger partial charge in [0, 0.05) is 6.20 Å². The number of aryl methyl sites for hydroxylation is 1. The summed E-state index contributed by atoms with van der Waals surface area (Å²) >= 11 is 5.59. The van der Waals surface area contributed by atoms with Crippen molar-refractivity contribution in [2.45, 2.75) is 13.5 Å². The average molecular weight is 272 g/mol. The van der Waals surface area contributed by atoms with Crippen molar-refractivity contribution >= 4 is 11.6 Å². The largest absolute Gasteiger partial charge is 0.486 e. The molecule has 0 aliphatic carbocycles. The second-order valence-electron chi connectivity index (χ2n) is 4.04. The number of hydrogen-bond donors (Lipinski definition) is 0. The molecule has 1 aromatic heterocycles. The lowest BCUT2D eigenvalue weighted by molar-refractivity contribution is 0.300. The first-order valence-corrected chi connectivity index (χ1v) is 6.51. The molecule has 0 bridgehead atoms. The van der Waals surface area contributed by atoms with Crippen molar-refractivity contribution in [3.8, 4) is 17.6 Å². The summed E-state index contributed by atoms with van der Waals surface area (Å²) in [7, 11) is 0. The third kappa shape index (κ3) is 4.01. The van der Waals surface area contributed by atoms with E-state index in [1.54, 1.807) is 6.20 Å². The fourth-order valence-electron chi connectivity index (χ4n) is 1.63. The van der Waals surface area contributed by atoms with Crippen LogP contribution in [0.1, 0.15) is 16.8 Å². The van der Waals surface area contributed by atoms with E-state index in [0.29, 0.717) is 12.5 Å². The standard InChI is InChI=1S/C16H14ClNO/c1-13-7-8-16(14(11-13)5-4-9-17)19-12-15-6-2-3-10-18-15/h2-3,6-8,10-11H,9,12H2,1H3. The molecule has 2 nitrogen and oxygen atoms in total. The van der Waals surface area contributed by atoms with Gasteiger partial charge in [-0.15, -0.1) is 11.6 Å². The molecular weight excluding hydrogens is 258 g/mol. The lowest BCUT2D eigenvalue weighted by atomic mass is 10.1. The Hall–Kier alpha value is -1.98. The fraction of sp³-hybridized carbons (Fsp3) is 0.188. The Morgan fingerprint density at radius 1 is 1.26 bits per heavy atom. The van der Waals surface area contributed by atoms with Gasteiger partial charge in [0.1, 0.15) is 12.4 Å². The summed E-state index contributed by atoms with van der Waals surface area (Å²) in [4.78, 5) is 4.22. The Balaban J connectivity index is 2.15. The third-order valence-corrected chi connectivity index (χ3v) is 2.66. The van der Waals surface area contributed by atoms with Crippen LogP contribution >= 0.6 is 11.6 Å². The molecule has 0 unspecified atom stereocenters. The second-order valence-corrected chi connectivity index (χ2v) is 4.31. The topological polar surface area (TPSA) is 22.1 Å². The highest BCUT2D eigenvalue weighted by Crippen LogP contribution is 2.20. The summed E-state index contributed by atoms with van der Waals surface area (Å²) in [5.74, 6) is 6.93. The number of pyridine rings is 1. The summed E-state index contributed by atoms with van der Waals surface area (Å²) in [6.07, 6.45) is 1.75. The minimum Gasteiger partial charge on any atom is -0.486 e. The van der Waals surface area contributed by atoms with Crippen molar-refractivity contribution in [3.05, 3.63) is 59.4 Å². The second kappa shape index (κ2) is 6.82. The van der Waals surface area contributed by atoms with E-state index in [1.165, 1.54) is 0 Å². The van der Waals surface area contributed by atoms with E-state index in [-0.39, 0.29) is 0 Å². The highest BCUT2D eigenvalue weighted by atomic mass is 35.5. The van der Waals surface area contributed by atoms with Crippen molar-refractivity contribution in [3.63, 3.8) is 0 Å². The number of halogens is 1. The van der Waals surface area contributed by atoms with Crippen molar-refractivity contribution in [2.75, 3.05) is 5.88 Å². The highest BCUT2D eigenvalue weighted by Gasteiger charge is 2.02. The van der Waals surface area contributed by atoms with Crippen LogP contribution in [0.25, 0.3) is 0 Å². The number of benzene rings is 1. The smallest absolute Gasteiger partial charge is 0.135 e. The van der Waals surface area contributed by atoms with Crippen LogP contribution in [0.3, 0.4) is 0 Å². The monoisotopic (exact) mass is 271 g/mol. The van der Waals surface area contributed by atoms with Crippen LogP contribution in [-0.2, 0) is 6.61 Å². The van der Waals surface area contributed by atoms with E-state index in [0.717, 1.165) is 22.6 Å². The van der Waals surface area contributed by atoms with Crippen molar-refractivity contribution in [1.29, 1.82) is 0 Å². The molecule has 19 heavy (non-hydrogen) atoms. The molecule has 0 radical (unpaired) electrons. The maximum atomic E-state index is 5.77. The third-order valence-electron chi connectivity index (χ3n) is 2.53. The highest BCUT2D eigenvalue weighted by molar-refractivity contribution is 6.19. The van der Waals surface area contributed by atoms with Crippen molar-refractivity contribution in [1.82, 2.24) is 4.98 Å². The predicted octanol–water partition coefficient (Wildman–Crippen LogP) is 3.56. The fourth-order valence-corrected chi connectivity index (χ4v) is 1.70. The zero-order valence-electron chi connectivity index (χ0n) is 10.7. The Labute approximate surface area is 118 Å². The van der Waals surface area contributed by atoms with Crippen molar-refractivity contribution < 1.29 is 4.74 Å². The number of aromatic nitrogens is 1. The van der Waals surface area contributed by atoms with Gasteiger partial charge < -0.3 is 4.74 Å². The first-order valence-electron chi connectivity index (χ1n) is 5.98. The van der Waals surface area contributed by atoms with Gasteiger partial charge in [0.15, 0.2) is 0 Å². The van der Waals surface area contributed by atoms with Crippen LogP contribution in [-0.4, -0.2) is 10.9 Å². The Morgan fingerprint density at radius 2 is 2.16 bits per heavy atom. The van der Waals surface area contributed by atoms with Crippen LogP contribution in [0.5, 0.6) is 5.75 Å². The molecular formula is C16H14ClNO. The molecule has 0 fully saturated rings. The molecule has 0 atom stereocenters. The van der Waals surface area contributed by atoms with E-state index < -0.39 is 0 Å². The number of hydrogen-bond acceptors (Lipinski definition) is 2. The van der Waals surface area contributed by atoms with Gasteiger partial charge in [-0.2, -0.15) is 0 Å². The van der Waals surface area contributed by atoms with E-state index in [1.807, 2.05) is 43.3 Å². The lowest BCUT2D eigenvalue weighted by Crippen LogP contribution is -1.99. The maximum absolute atomic E-state index is 5.77. The van der Waals surface area contributed by atoms with Gasteiger partial charge in [-0.1, -0.05) is 24.0 Å². The summed E-state index contributed by atoms with van der Waals surface area (Å²) in [6, 6.07) is 11.7. The maximum Gasteiger partial charge on any atom is 0.135 e. The molecule has 0 amide bonds. The summed E-state index contributed by atoms with van der Waals surface area (Å²) in [5.41, 5.74) is 2.89. The van der Waals surface area contributed by atoms with Crippen LogP contribution in [0.4, 0.5) is 0 Å². The molecule has 96 valence electrons. The lowest BCUT2D eigenvalue weighted by Gasteiger charge is -2.08. The van der Waals surface area contributed by atoms with E-state index in [4.69, 9.17) is 16.3 Å². The van der Waals surface area contributed by atoms with Gasteiger partial charge in [0.2, 0.25) is 0 Å². The Kier molecular flexibility index (Phi) is 4.83. The van der Waals surface area contributed by atoms with Gasteiger partial charge in [-0.3, -0.25) is 4.98 Å². The molecule has 0 aliphatic rings. The summed E-state index contributed by atoms with van der Waals surface area (Å²) in [5, 5.41) is 0. The molecule has 0 saturated carbocycles. The molecule has 3 heteroatoms. The van der Waals surface area contributed by atoms with Crippen LogP contribution in [0.2, 0.25) is 0 Å². The SMILES string of the molecule is Cc1ccc(OCc2ccccn2)c(C#CCCl)c1. The average Bonchev–Trinajstić information content (AvgIpc) is 2.45. The molecule has 0 saturated heterocycles. The van der Waals surface area contributed by atoms with E-state index >= 15 is 0 Å². The first kappa shape index (κ1) is 13.5. The summed E-state index contributed by atoms with van der Waals surface area (Å²) in [6.45, 7) is 2.45. The van der Waals surface area contributed by atoms with Crippen LogP contribution in [0.15, 0.2) is 42.6 Å². The zero-order chi connectivity index (χ0) is 13.5. The number of alkyl halides is 1. The van der Waals surface area contributed by atoms with Crippen LogP contribution < -0.4 is 4.74 Å². The molecule has 2 aromatic rings. The number of ether oxygens (including phenoxy) is 1. The van der Waals surface area contributed by atoms with E-state index in [2.05, 4.69) is 16.8 Å².